The summed E-state index contributed by atoms with van der Waals surface area (Å²) in [7, 11) is 0. The molecule has 0 radical (unpaired) electrons. The van der Waals surface area contributed by atoms with E-state index in [-0.39, 0.29) is 17.6 Å². The van der Waals surface area contributed by atoms with Crippen molar-refractivity contribution in [1.82, 2.24) is 0 Å². The first-order chi connectivity index (χ1) is 10.2. The van der Waals surface area contributed by atoms with Crippen LogP contribution in [-0.4, -0.2) is 5.11 Å². The molecule has 2 rings (SSSR count). The van der Waals surface area contributed by atoms with Gasteiger partial charge in [-0.25, -0.2) is 0 Å². The number of aromatic hydroxyl groups is 1. The van der Waals surface area contributed by atoms with E-state index < -0.39 is 0 Å². The van der Waals surface area contributed by atoms with E-state index in [4.69, 9.17) is 10.5 Å². The van der Waals surface area contributed by atoms with Gasteiger partial charge < -0.3 is 15.6 Å². The molecule has 1 heterocycles. The summed E-state index contributed by atoms with van der Waals surface area (Å²) in [5.41, 5.74) is 7.29. The number of phenols is 1. The fourth-order valence-corrected chi connectivity index (χ4v) is 2.78. The fourth-order valence-electron chi connectivity index (χ4n) is 2.78. The summed E-state index contributed by atoms with van der Waals surface area (Å²) in [5, 5.41) is 18.9. The normalized spacial score (nSPS) is 17.0. The van der Waals surface area contributed by atoms with Crippen molar-refractivity contribution in [2.75, 3.05) is 0 Å². The van der Waals surface area contributed by atoms with E-state index in [1.807, 2.05) is 6.07 Å². The number of nitrogens with zero attached hydrogens (tertiary/aromatic N) is 1. The Morgan fingerprint density at radius 1 is 1.29 bits per heavy atom. The van der Waals surface area contributed by atoms with Crippen LogP contribution in [0.3, 0.4) is 0 Å². The highest BCUT2D eigenvalue weighted by atomic mass is 16.5. The van der Waals surface area contributed by atoms with Crippen molar-refractivity contribution < 1.29 is 9.84 Å². The predicted molar refractivity (Wildman–Crippen MR) is 81.7 cm³/mol. The van der Waals surface area contributed by atoms with Crippen molar-refractivity contribution >= 4 is 0 Å². The van der Waals surface area contributed by atoms with E-state index in [9.17, 15) is 10.4 Å². The maximum Gasteiger partial charge on any atom is 0.205 e. The highest BCUT2D eigenvalue weighted by Crippen LogP contribution is 2.42. The Kier molecular flexibility index (Phi) is 5.10. The Hall–Kier alpha value is -2.15. The first-order valence-electron chi connectivity index (χ1n) is 7.57. The molecule has 0 aromatic heterocycles. The number of nitrogens with two attached hydrogens (primary N) is 1. The molecule has 1 aromatic rings. The quantitative estimate of drug-likeness (QED) is 0.777. The number of allylic oxidation sites excluding steroid dienone is 1. The smallest absolute Gasteiger partial charge is 0.205 e. The third-order valence-corrected chi connectivity index (χ3v) is 3.92. The summed E-state index contributed by atoms with van der Waals surface area (Å²) >= 11 is 0. The predicted octanol–water partition coefficient (Wildman–Crippen LogP) is 3.92. The van der Waals surface area contributed by atoms with Crippen LogP contribution < -0.4 is 10.5 Å². The molecular formula is C17H22N2O2. The van der Waals surface area contributed by atoms with Gasteiger partial charge in [0.1, 0.15) is 17.6 Å². The van der Waals surface area contributed by atoms with Crippen molar-refractivity contribution in [1.29, 1.82) is 5.26 Å². The molecule has 0 aliphatic carbocycles. The molecule has 4 heteroatoms. The van der Waals surface area contributed by atoms with E-state index >= 15 is 0 Å². The average Bonchev–Trinajstić information content (AvgIpc) is 2.46. The lowest BCUT2D eigenvalue weighted by Gasteiger charge is -2.26. The molecule has 1 atom stereocenters. The molecule has 1 aromatic carbocycles. The van der Waals surface area contributed by atoms with Gasteiger partial charge in [0.05, 0.1) is 5.57 Å². The molecule has 0 fully saturated rings. The van der Waals surface area contributed by atoms with Gasteiger partial charge in [-0.3, -0.25) is 0 Å². The van der Waals surface area contributed by atoms with Crippen molar-refractivity contribution in [3.8, 4) is 17.6 Å². The van der Waals surface area contributed by atoms with E-state index in [0.29, 0.717) is 11.3 Å². The number of hydrogen-bond donors (Lipinski definition) is 2. The standard InChI is InChI=1S/C17H22N2O2/c1-2-3-4-5-6-7-13-14-9-8-12(20)10-16(14)21-17(19)15(13)11-18/h8-10,13,20H,2-7,19H2,1H3/t13-/m1/s1. The van der Waals surface area contributed by atoms with Crippen LogP contribution in [0.4, 0.5) is 0 Å². The second-order valence-electron chi connectivity index (χ2n) is 5.47. The van der Waals surface area contributed by atoms with Gasteiger partial charge >= 0.3 is 0 Å². The largest absolute Gasteiger partial charge is 0.508 e. The molecule has 0 saturated heterocycles. The maximum atomic E-state index is 9.56. The monoisotopic (exact) mass is 286 g/mol. The highest BCUT2D eigenvalue weighted by Gasteiger charge is 2.28. The molecule has 0 amide bonds. The van der Waals surface area contributed by atoms with Crippen molar-refractivity contribution in [3.63, 3.8) is 0 Å². The number of hydrogen-bond acceptors (Lipinski definition) is 4. The maximum absolute atomic E-state index is 9.56. The molecule has 0 unspecified atom stereocenters. The van der Waals surface area contributed by atoms with Crippen molar-refractivity contribution in [3.05, 3.63) is 35.2 Å². The molecule has 0 spiro atoms. The second-order valence-corrected chi connectivity index (χ2v) is 5.47. The SMILES string of the molecule is CCCCCCC[C@H]1C(C#N)=C(N)Oc2cc(O)ccc21. The number of phenolic OH excluding ortho intramolecular Hbond substituents is 1. The van der Waals surface area contributed by atoms with Gasteiger partial charge in [0.15, 0.2) is 0 Å². The third kappa shape index (κ3) is 3.49. The summed E-state index contributed by atoms with van der Waals surface area (Å²) in [5.74, 6) is 0.837. The number of nitriles is 1. The molecule has 4 nitrogen and oxygen atoms in total. The molecule has 0 saturated carbocycles. The minimum Gasteiger partial charge on any atom is -0.508 e. The van der Waals surface area contributed by atoms with Crippen LogP contribution in [0.2, 0.25) is 0 Å². The summed E-state index contributed by atoms with van der Waals surface area (Å²) in [6.07, 6.45) is 6.80. The Morgan fingerprint density at radius 3 is 2.76 bits per heavy atom. The van der Waals surface area contributed by atoms with Gasteiger partial charge in [-0.05, 0) is 12.5 Å². The van der Waals surface area contributed by atoms with Gasteiger partial charge in [0.2, 0.25) is 5.88 Å². The van der Waals surface area contributed by atoms with Crippen LogP contribution in [0.5, 0.6) is 11.5 Å². The van der Waals surface area contributed by atoms with E-state index in [0.717, 1.165) is 24.8 Å². The van der Waals surface area contributed by atoms with Gasteiger partial charge in [-0.2, -0.15) is 5.26 Å². The molecule has 112 valence electrons. The van der Waals surface area contributed by atoms with E-state index in [1.54, 1.807) is 12.1 Å². The van der Waals surface area contributed by atoms with Gasteiger partial charge in [-0.1, -0.05) is 45.1 Å². The van der Waals surface area contributed by atoms with Crippen LogP contribution in [0.15, 0.2) is 29.7 Å². The fraction of sp³-hybridized carbons (Fsp3) is 0.471. The first-order valence-corrected chi connectivity index (χ1v) is 7.57. The molecular weight excluding hydrogens is 264 g/mol. The molecule has 3 N–H and O–H groups in total. The van der Waals surface area contributed by atoms with Crippen molar-refractivity contribution in [2.24, 2.45) is 5.73 Å². The zero-order valence-corrected chi connectivity index (χ0v) is 12.4. The van der Waals surface area contributed by atoms with Crippen LogP contribution in [0, 0.1) is 11.3 Å². The van der Waals surface area contributed by atoms with Crippen LogP contribution >= 0.6 is 0 Å². The minimum absolute atomic E-state index is 0.0269. The number of benzene rings is 1. The lowest BCUT2D eigenvalue weighted by molar-refractivity contribution is 0.378. The number of rotatable bonds is 6. The Bertz CT molecular complexity index is 573. The highest BCUT2D eigenvalue weighted by molar-refractivity contribution is 5.51. The third-order valence-electron chi connectivity index (χ3n) is 3.92. The summed E-state index contributed by atoms with van der Waals surface area (Å²) in [6, 6.07) is 7.19. The lowest BCUT2D eigenvalue weighted by atomic mass is 9.85. The first kappa shape index (κ1) is 15.2. The zero-order valence-electron chi connectivity index (χ0n) is 12.4. The minimum atomic E-state index is -0.0269. The average molecular weight is 286 g/mol. The van der Waals surface area contributed by atoms with Gasteiger partial charge in [0.25, 0.3) is 0 Å². The lowest BCUT2D eigenvalue weighted by Crippen LogP contribution is -2.20. The molecule has 0 bridgehead atoms. The van der Waals surface area contributed by atoms with Crippen LogP contribution in [0.25, 0.3) is 0 Å². The summed E-state index contributed by atoms with van der Waals surface area (Å²) in [6.45, 7) is 2.19. The topological polar surface area (TPSA) is 79.3 Å². The van der Waals surface area contributed by atoms with Crippen LogP contribution in [-0.2, 0) is 0 Å². The summed E-state index contributed by atoms with van der Waals surface area (Å²) < 4.78 is 5.47. The molecule has 1 aliphatic rings. The van der Waals surface area contributed by atoms with Crippen LogP contribution in [0.1, 0.15) is 56.9 Å². The van der Waals surface area contributed by atoms with Gasteiger partial charge in [0, 0.05) is 17.5 Å². The van der Waals surface area contributed by atoms with Gasteiger partial charge in [-0.15, -0.1) is 0 Å². The zero-order chi connectivity index (χ0) is 15.2. The number of ether oxygens (including phenoxy) is 1. The van der Waals surface area contributed by atoms with Crippen molar-refractivity contribution in [2.45, 2.75) is 51.4 Å². The Morgan fingerprint density at radius 2 is 2.05 bits per heavy atom. The molecule has 1 aliphatic heterocycles. The number of unbranched alkanes of at least 4 members (excludes halogenated alkanes) is 4. The second kappa shape index (κ2) is 7.03. The van der Waals surface area contributed by atoms with E-state index in [2.05, 4.69) is 13.0 Å². The summed E-state index contributed by atoms with van der Waals surface area (Å²) in [4.78, 5) is 0. The van der Waals surface area contributed by atoms with E-state index in [1.165, 1.54) is 19.3 Å². The Balaban J connectivity index is 2.15. The number of fused-ring (bicyclic) bond motifs is 1. The molecule has 21 heavy (non-hydrogen) atoms. The Labute approximate surface area is 125 Å².